The molecule has 3 aromatic rings. The number of halogens is 1. The van der Waals surface area contributed by atoms with Gasteiger partial charge in [0.15, 0.2) is 11.0 Å². The van der Waals surface area contributed by atoms with Gasteiger partial charge < -0.3 is 15.4 Å². The van der Waals surface area contributed by atoms with Crippen molar-refractivity contribution in [1.29, 1.82) is 0 Å². The summed E-state index contributed by atoms with van der Waals surface area (Å²) in [6.45, 7) is 9.05. The number of hydrogen-bond acceptors (Lipinski definition) is 9. The Balaban J connectivity index is 1.56. The number of aromatic nitrogens is 3. The van der Waals surface area contributed by atoms with Crippen LogP contribution in [0.3, 0.4) is 0 Å². The molecule has 0 saturated heterocycles. The molecule has 2 heterocycles. The zero-order chi connectivity index (χ0) is 29.1. The van der Waals surface area contributed by atoms with Crippen LogP contribution in [0, 0.1) is 0 Å². The molecular formula is C27H35ClN6O4S2. The monoisotopic (exact) mass is 606 g/mol. The molecule has 2 aromatic heterocycles. The third-order valence-corrected chi connectivity index (χ3v) is 9.34. The summed E-state index contributed by atoms with van der Waals surface area (Å²) < 4.78 is 35.1. The summed E-state index contributed by atoms with van der Waals surface area (Å²) in [6, 6.07) is 8.51. The highest BCUT2D eigenvalue weighted by molar-refractivity contribution is 7.89. The fourth-order valence-electron chi connectivity index (χ4n) is 4.51. The number of rotatable bonds is 8. The fraction of sp³-hybridized carbons (Fsp3) is 0.481. The Bertz CT molecular complexity index is 1430. The third kappa shape index (κ3) is 8.12. The number of nitrogens with zero attached hydrogens (tertiary/aromatic N) is 3. The summed E-state index contributed by atoms with van der Waals surface area (Å²) >= 11 is 7.34. The highest BCUT2D eigenvalue weighted by Crippen LogP contribution is 2.40. The standard InChI is InChI=1S/C27H35ClN6O4S2/c1-16(2)38-26(35)31-18-8-6-17(7-9-18)25-29-15-21(39-25)20-11-10-19(30-24-13-12-23(28)32-33-24)14-22(20)40(36,37)34-27(3,4)5/h10-18,34H,6-9H2,1-5H3,(H,30,33)(H,31,35). The molecule has 0 radical (unpaired) electrons. The molecule has 0 aliphatic heterocycles. The van der Waals surface area contributed by atoms with Crippen molar-refractivity contribution in [3.8, 4) is 10.4 Å². The summed E-state index contributed by atoms with van der Waals surface area (Å²) in [7, 11) is -3.88. The lowest BCUT2D eigenvalue weighted by Gasteiger charge is -2.28. The van der Waals surface area contributed by atoms with Gasteiger partial charge >= 0.3 is 6.09 Å². The van der Waals surface area contributed by atoms with Crippen LogP contribution in [0.25, 0.3) is 10.4 Å². The van der Waals surface area contributed by atoms with E-state index < -0.39 is 15.6 Å². The Labute approximate surface area is 244 Å². The molecule has 1 saturated carbocycles. The van der Waals surface area contributed by atoms with Gasteiger partial charge in [0.25, 0.3) is 0 Å². The molecule has 0 unspecified atom stereocenters. The van der Waals surface area contributed by atoms with E-state index in [1.54, 1.807) is 57.3 Å². The van der Waals surface area contributed by atoms with Crippen molar-refractivity contribution >= 4 is 50.6 Å². The van der Waals surface area contributed by atoms with Crippen molar-refractivity contribution in [2.75, 3.05) is 5.32 Å². The first kappa shape index (κ1) is 30.2. The van der Waals surface area contributed by atoms with Crippen molar-refractivity contribution in [3.63, 3.8) is 0 Å². The van der Waals surface area contributed by atoms with E-state index in [2.05, 4.69) is 30.5 Å². The van der Waals surface area contributed by atoms with Crippen molar-refractivity contribution < 1.29 is 17.9 Å². The molecule has 216 valence electrons. The molecule has 0 spiro atoms. The van der Waals surface area contributed by atoms with Gasteiger partial charge in [0, 0.05) is 34.9 Å². The summed E-state index contributed by atoms with van der Waals surface area (Å²) in [5.41, 5.74) is 0.440. The molecule has 1 aliphatic carbocycles. The van der Waals surface area contributed by atoms with Crippen molar-refractivity contribution in [2.24, 2.45) is 0 Å². The zero-order valence-corrected chi connectivity index (χ0v) is 25.6. The van der Waals surface area contributed by atoms with Crippen LogP contribution in [0.15, 0.2) is 41.4 Å². The van der Waals surface area contributed by atoms with E-state index >= 15 is 0 Å². The van der Waals surface area contributed by atoms with Crippen LogP contribution in [0.4, 0.5) is 16.3 Å². The predicted molar refractivity (Wildman–Crippen MR) is 158 cm³/mol. The molecule has 40 heavy (non-hydrogen) atoms. The Morgan fingerprint density at radius 2 is 1.82 bits per heavy atom. The minimum absolute atomic E-state index is 0.0764. The van der Waals surface area contributed by atoms with Gasteiger partial charge in [-0.05, 0) is 84.6 Å². The molecule has 1 fully saturated rings. The number of thiazole rings is 1. The number of benzene rings is 1. The van der Waals surface area contributed by atoms with Gasteiger partial charge in [-0.2, -0.15) is 0 Å². The Morgan fingerprint density at radius 3 is 2.45 bits per heavy atom. The quantitative estimate of drug-likeness (QED) is 0.274. The van der Waals surface area contributed by atoms with E-state index in [0.29, 0.717) is 17.1 Å². The Hall–Kier alpha value is -2.80. The van der Waals surface area contributed by atoms with E-state index in [4.69, 9.17) is 16.3 Å². The van der Waals surface area contributed by atoms with Gasteiger partial charge in [0.05, 0.1) is 20.9 Å². The third-order valence-electron chi connectivity index (χ3n) is 6.15. The number of carbonyl (C=O) groups excluding carboxylic acids is 1. The lowest BCUT2D eigenvalue weighted by atomic mass is 9.86. The van der Waals surface area contributed by atoms with E-state index in [0.717, 1.165) is 35.6 Å². The van der Waals surface area contributed by atoms with Crippen LogP contribution in [0.5, 0.6) is 0 Å². The second-order valence-electron chi connectivity index (χ2n) is 11.1. The molecule has 0 atom stereocenters. The topological polar surface area (TPSA) is 135 Å². The highest BCUT2D eigenvalue weighted by atomic mass is 35.5. The highest BCUT2D eigenvalue weighted by Gasteiger charge is 2.29. The summed E-state index contributed by atoms with van der Waals surface area (Å²) in [5.74, 6) is 0.682. The number of alkyl carbamates (subject to hydrolysis) is 1. The van der Waals surface area contributed by atoms with Gasteiger partial charge in [0.1, 0.15) is 0 Å². The van der Waals surface area contributed by atoms with Crippen molar-refractivity contribution in [3.05, 3.63) is 46.7 Å². The van der Waals surface area contributed by atoms with E-state index in [-0.39, 0.29) is 34.2 Å². The van der Waals surface area contributed by atoms with E-state index in [1.165, 1.54) is 11.3 Å². The van der Waals surface area contributed by atoms with Crippen LogP contribution < -0.4 is 15.4 Å². The number of sulfonamides is 1. The number of hydrogen-bond donors (Lipinski definition) is 3. The number of ether oxygens (including phenoxy) is 1. The van der Waals surface area contributed by atoms with Gasteiger partial charge in [-0.3, -0.25) is 0 Å². The maximum absolute atomic E-state index is 13.5. The van der Waals surface area contributed by atoms with Gasteiger partial charge in [-0.1, -0.05) is 17.7 Å². The molecule has 13 heteroatoms. The fourth-order valence-corrected chi connectivity index (χ4v) is 7.47. The average molecular weight is 607 g/mol. The first-order chi connectivity index (χ1) is 18.8. The minimum Gasteiger partial charge on any atom is -0.447 e. The van der Waals surface area contributed by atoms with E-state index in [9.17, 15) is 13.2 Å². The summed E-state index contributed by atoms with van der Waals surface area (Å²) in [5, 5.41) is 15.1. The van der Waals surface area contributed by atoms with Gasteiger partial charge in [0.2, 0.25) is 10.0 Å². The van der Waals surface area contributed by atoms with Crippen LogP contribution >= 0.6 is 22.9 Å². The van der Waals surface area contributed by atoms with Crippen molar-refractivity contribution in [2.45, 2.75) is 88.8 Å². The smallest absolute Gasteiger partial charge is 0.407 e. The predicted octanol–water partition coefficient (Wildman–Crippen LogP) is 6.23. The molecule has 0 bridgehead atoms. The molecule has 4 rings (SSSR count). The maximum Gasteiger partial charge on any atom is 0.407 e. The second-order valence-corrected chi connectivity index (χ2v) is 14.2. The average Bonchev–Trinajstić information content (AvgIpc) is 3.34. The van der Waals surface area contributed by atoms with E-state index in [1.807, 2.05) is 13.8 Å². The maximum atomic E-state index is 13.5. The summed E-state index contributed by atoms with van der Waals surface area (Å²) in [6.07, 6.45) is 4.61. The van der Waals surface area contributed by atoms with Gasteiger partial charge in [-0.25, -0.2) is 22.9 Å². The Kier molecular flexibility index (Phi) is 9.33. The number of nitrogens with one attached hydrogen (secondary N) is 3. The lowest BCUT2D eigenvalue weighted by molar-refractivity contribution is 0.109. The Morgan fingerprint density at radius 1 is 1.10 bits per heavy atom. The molecule has 3 N–H and O–H groups in total. The van der Waals surface area contributed by atoms with Gasteiger partial charge in [-0.15, -0.1) is 21.5 Å². The second kappa shape index (κ2) is 12.4. The van der Waals surface area contributed by atoms with Crippen LogP contribution in [-0.2, 0) is 14.8 Å². The first-order valence-corrected chi connectivity index (χ1v) is 15.8. The normalized spacial score (nSPS) is 18.0. The number of amides is 1. The molecule has 1 aromatic carbocycles. The minimum atomic E-state index is -3.88. The summed E-state index contributed by atoms with van der Waals surface area (Å²) in [4.78, 5) is 17.5. The van der Waals surface area contributed by atoms with Crippen LogP contribution in [0.1, 0.15) is 71.2 Å². The molecule has 1 amide bonds. The van der Waals surface area contributed by atoms with Crippen LogP contribution in [-0.4, -0.2) is 47.4 Å². The lowest BCUT2D eigenvalue weighted by Crippen LogP contribution is -2.40. The number of anilines is 2. The first-order valence-electron chi connectivity index (χ1n) is 13.2. The number of carbonyl (C=O) groups is 1. The SMILES string of the molecule is CC(C)OC(=O)NC1CCC(c2ncc(-c3ccc(Nc4ccc(Cl)nn4)cc3S(=O)(=O)NC(C)(C)C)s2)CC1. The van der Waals surface area contributed by atoms with Crippen LogP contribution in [0.2, 0.25) is 5.15 Å². The zero-order valence-electron chi connectivity index (χ0n) is 23.2. The largest absolute Gasteiger partial charge is 0.447 e. The van der Waals surface area contributed by atoms with Crippen molar-refractivity contribution in [1.82, 2.24) is 25.2 Å². The molecule has 1 aliphatic rings. The molecule has 10 nitrogen and oxygen atoms in total. The molecular weight excluding hydrogens is 572 g/mol.